The van der Waals surface area contributed by atoms with E-state index in [9.17, 15) is 4.79 Å². The fourth-order valence-electron chi connectivity index (χ4n) is 0.974. The van der Waals surface area contributed by atoms with E-state index in [0.717, 1.165) is 4.88 Å². The fraction of sp³-hybridized carbons (Fsp3) is 0.444. The molecule has 0 bridgehead atoms. The quantitative estimate of drug-likeness (QED) is 0.742. The van der Waals surface area contributed by atoms with Gasteiger partial charge in [0.05, 0.1) is 13.2 Å². The van der Waals surface area contributed by atoms with Crippen LogP contribution >= 0.6 is 11.3 Å². The third-order valence-electron chi connectivity index (χ3n) is 1.70. The molecule has 1 unspecified atom stereocenters. The van der Waals surface area contributed by atoms with Crippen LogP contribution in [0.25, 0.3) is 0 Å². The largest absolute Gasteiger partial charge is 0.383 e. The first-order chi connectivity index (χ1) is 6.74. The predicted octanol–water partition coefficient (Wildman–Crippen LogP) is 0.338. The average Bonchev–Trinajstić information content (AvgIpc) is 2.67. The second-order valence-electron chi connectivity index (χ2n) is 2.86. The summed E-state index contributed by atoms with van der Waals surface area (Å²) in [5.74, 6) is -0.180. The van der Waals surface area contributed by atoms with Gasteiger partial charge in [-0.05, 0) is 11.4 Å². The topological polar surface area (TPSA) is 64.3 Å². The standard InChI is InChI=1S/C9H14N2O2S/c1-13-6-8(10)9(12)11-5-7-3-2-4-14-7/h2-4,8H,5-6,10H2,1H3,(H,11,12). The summed E-state index contributed by atoms with van der Waals surface area (Å²) in [5.41, 5.74) is 5.53. The number of hydrogen-bond donors (Lipinski definition) is 2. The van der Waals surface area contributed by atoms with Crippen molar-refractivity contribution in [2.24, 2.45) is 5.73 Å². The Kier molecular flexibility index (Phi) is 4.58. The van der Waals surface area contributed by atoms with Crippen LogP contribution in [0.2, 0.25) is 0 Å². The first-order valence-electron chi connectivity index (χ1n) is 4.28. The summed E-state index contributed by atoms with van der Waals surface area (Å²) < 4.78 is 4.78. The maximum atomic E-state index is 11.3. The van der Waals surface area contributed by atoms with Crippen LogP contribution in [0.4, 0.5) is 0 Å². The molecule has 0 saturated carbocycles. The van der Waals surface area contributed by atoms with Gasteiger partial charge < -0.3 is 15.8 Å². The molecule has 14 heavy (non-hydrogen) atoms. The van der Waals surface area contributed by atoms with E-state index < -0.39 is 6.04 Å². The molecule has 1 atom stereocenters. The minimum atomic E-state index is -0.583. The molecule has 0 aliphatic carbocycles. The highest BCUT2D eigenvalue weighted by molar-refractivity contribution is 7.09. The van der Waals surface area contributed by atoms with E-state index in [1.807, 2.05) is 17.5 Å². The molecule has 5 heteroatoms. The number of ether oxygens (including phenoxy) is 1. The second kappa shape index (κ2) is 5.74. The molecule has 1 amide bonds. The Bertz CT molecular complexity index is 274. The monoisotopic (exact) mass is 214 g/mol. The summed E-state index contributed by atoms with van der Waals surface area (Å²) in [4.78, 5) is 12.4. The maximum Gasteiger partial charge on any atom is 0.239 e. The lowest BCUT2D eigenvalue weighted by atomic mass is 10.3. The molecular formula is C9H14N2O2S. The number of hydrogen-bond acceptors (Lipinski definition) is 4. The minimum Gasteiger partial charge on any atom is -0.383 e. The second-order valence-corrected chi connectivity index (χ2v) is 3.89. The molecule has 0 radical (unpaired) electrons. The molecule has 0 aromatic carbocycles. The highest BCUT2D eigenvalue weighted by Crippen LogP contribution is 2.07. The Morgan fingerprint density at radius 3 is 3.14 bits per heavy atom. The van der Waals surface area contributed by atoms with Gasteiger partial charge in [0.1, 0.15) is 6.04 Å². The van der Waals surface area contributed by atoms with E-state index in [4.69, 9.17) is 10.5 Å². The lowest BCUT2D eigenvalue weighted by molar-refractivity contribution is -0.123. The van der Waals surface area contributed by atoms with Gasteiger partial charge >= 0.3 is 0 Å². The van der Waals surface area contributed by atoms with Crippen molar-refractivity contribution in [2.45, 2.75) is 12.6 Å². The summed E-state index contributed by atoms with van der Waals surface area (Å²) in [5, 5.41) is 4.70. The zero-order chi connectivity index (χ0) is 10.4. The van der Waals surface area contributed by atoms with Crippen molar-refractivity contribution in [2.75, 3.05) is 13.7 Å². The van der Waals surface area contributed by atoms with Crippen LogP contribution in [0.3, 0.4) is 0 Å². The molecule has 0 spiro atoms. The Morgan fingerprint density at radius 2 is 2.57 bits per heavy atom. The van der Waals surface area contributed by atoms with Gasteiger partial charge in [-0.2, -0.15) is 0 Å². The van der Waals surface area contributed by atoms with E-state index in [0.29, 0.717) is 6.54 Å². The third kappa shape index (κ3) is 3.45. The number of amides is 1. The van der Waals surface area contributed by atoms with Gasteiger partial charge in [0.15, 0.2) is 0 Å². The Labute approximate surface area is 87.1 Å². The van der Waals surface area contributed by atoms with Crippen LogP contribution in [-0.4, -0.2) is 25.7 Å². The number of thiophene rings is 1. The van der Waals surface area contributed by atoms with Crippen molar-refractivity contribution >= 4 is 17.2 Å². The number of carbonyl (C=O) groups is 1. The predicted molar refractivity (Wildman–Crippen MR) is 56.0 cm³/mol. The fourth-order valence-corrected chi connectivity index (χ4v) is 1.62. The van der Waals surface area contributed by atoms with Crippen molar-refractivity contribution in [3.63, 3.8) is 0 Å². The third-order valence-corrected chi connectivity index (χ3v) is 2.58. The van der Waals surface area contributed by atoms with Gasteiger partial charge in [0.25, 0.3) is 0 Å². The molecule has 1 rings (SSSR count). The van der Waals surface area contributed by atoms with Gasteiger partial charge in [-0.15, -0.1) is 11.3 Å². The van der Waals surface area contributed by atoms with E-state index in [2.05, 4.69) is 5.32 Å². The molecule has 3 N–H and O–H groups in total. The van der Waals surface area contributed by atoms with Gasteiger partial charge in [0.2, 0.25) is 5.91 Å². The lowest BCUT2D eigenvalue weighted by Gasteiger charge is -2.10. The first kappa shape index (κ1) is 11.2. The van der Waals surface area contributed by atoms with Crippen molar-refractivity contribution in [1.29, 1.82) is 0 Å². The summed E-state index contributed by atoms with van der Waals surface area (Å²) in [6.07, 6.45) is 0. The van der Waals surface area contributed by atoms with E-state index >= 15 is 0 Å². The highest BCUT2D eigenvalue weighted by atomic mass is 32.1. The molecule has 1 aromatic heterocycles. The summed E-state index contributed by atoms with van der Waals surface area (Å²) in [7, 11) is 1.52. The first-order valence-corrected chi connectivity index (χ1v) is 5.16. The van der Waals surface area contributed by atoms with Gasteiger partial charge in [-0.3, -0.25) is 4.79 Å². The van der Waals surface area contributed by atoms with Gasteiger partial charge in [0, 0.05) is 12.0 Å². The number of methoxy groups -OCH3 is 1. The molecule has 0 saturated heterocycles. The lowest BCUT2D eigenvalue weighted by Crippen LogP contribution is -2.43. The number of nitrogens with one attached hydrogen (secondary N) is 1. The van der Waals surface area contributed by atoms with E-state index in [1.54, 1.807) is 11.3 Å². The van der Waals surface area contributed by atoms with Crippen LogP contribution in [0.1, 0.15) is 4.88 Å². The van der Waals surface area contributed by atoms with Crippen molar-refractivity contribution in [1.82, 2.24) is 5.32 Å². The molecule has 1 heterocycles. The Hall–Kier alpha value is -0.910. The van der Waals surface area contributed by atoms with E-state index in [1.165, 1.54) is 7.11 Å². The van der Waals surface area contributed by atoms with Crippen molar-refractivity contribution < 1.29 is 9.53 Å². The van der Waals surface area contributed by atoms with Crippen molar-refractivity contribution in [3.05, 3.63) is 22.4 Å². The summed E-state index contributed by atoms with van der Waals surface area (Å²) in [6, 6.07) is 3.33. The Morgan fingerprint density at radius 1 is 1.79 bits per heavy atom. The molecule has 4 nitrogen and oxygen atoms in total. The molecule has 78 valence electrons. The van der Waals surface area contributed by atoms with Crippen LogP contribution in [-0.2, 0) is 16.1 Å². The maximum absolute atomic E-state index is 11.3. The van der Waals surface area contributed by atoms with Gasteiger partial charge in [-0.1, -0.05) is 6.07 Å². The minimum absolute atomic E-state index is 0.180. The number of carbonyl (C=O) groups excluding carboxylic acids is 1. The van der Waals surface area contributed by atoms with Crippen LogP contribution in [0.5, 0.6) is 0 Å². The van der Waals surface area contributed by atoms with Crippen LogP contribution in [0, 0.1) is 0 Å². The van der Waals surface area contributed by atoms with Crippen LogP contribution < -0.4 is 11.1 Å². The zero-order valence-corrected chi connectivity index (χ0v) is 8.84. The Balaban J connectivity index is 2.27. The number of rotatable bonds is 5. The van der Waals surface area contributed by atoms with Crippen molar-refractivity contribution in [3.8, 4) is 0 Å². The summed E-state index contributed by atoms with van der Waals surface area (Å²) in [6.45, 7) is 0.782. The molecule has 0 aliphatic rings. The van der Waals surface area contributed by atoms with E-state index in [-0.39, 0.29) is 12.5 Å². The zero-order valence-electron chi connectivity index (χ0n) is 8.03. The molecule has 0 aliphatic heterocycles. The normalized spacial score (nSPS) is 12.4. The van der Waals surface area contributed by atoms with Crippen LogP contribution in [0.15, 0.2) is 17.5 Å². The summed E-state index contributed by atoms with van der Waals surface area (Å²) >= 11 is 1.60. The smallest absolute Gasteiger partial charge is 0.239 e. The SMILES string of the molecule is COCC(N)C(=O)NCc1cccs1. The average molecular weight is 214 g/mol. The van der Waals surface area contributed by atoms with Gasteiger partial charge in [-0.25, -0.2) is 0 Å². The molecule has 1 aromatic rings. The highest BCUT2D eigenvalue weighted by Gasteiger charge is 2.11. The molecule has 0 fully saturated rings. The molecular weight excluding hydrogens is 200 g/mol. The number of nitrogens with two attached hydrogens (primary N) is 1.